The number of aliphatic hydroxyl groups is 1. The van der Waals surface area contributed by atoms with Gasteiger partial charge in [0.1, 0.15) is 5.75 Å². The van der Waals surface area contributed by atoms with E-state index in [0.29, 0.717) is 17.5 Å². The fraction of sp³-hybridized carbons (Fsp3) is 0.385. The van der Waals surface area contributed by atoms with E-state index in [1.807, 2.05) is 25.1 Å². The van der Waals surface area contributed by atoms with Gasteiger partial charge in [0, 0.05) is 12.5 Å². The highest BCUT2D eigenvalue weighted by atomic mass is 16.5. The molecule has 0 aliphatic heterocycles. The first-order valence-electron chi connectivity index (χ1n) is 5.76. The van der Waals surface area contributed by atoms with Crippen molar-refractivity contribution in [2.24, 2.45) is 0 Å². The van der Waals surface area contributed by atoms with Crippen molar-refractivity contribution in [2.75, 3.05) is 0 Å². The summed E-state index contributed by atoms with van der Waals surface area (Å²) in [7, 11) is 0. The number of nitrogens with zero attached hydrogens (tertiary/aromatic N) is 2. The summed E-state index contributed by atoms with van der Waals surface area (Å²) in [6, 6.07) is 5.67. The minimum atomic E-state index is -0.579. The van der Waals surface area contributed by atoms with Crippen LogP contribution in [-0.2, 0) is 6.61 Å². The van der Waals surface area contributed by atoms with Gasteiger partial charge in [-0.25, -0.2) is 0 Å². The number of aliphatic hydroxyl groups excluding tert-OH is 1. The van der Waals surface area contributed by atoms with Gasteiger partial charge in [-0.05, 0) is 26.0 Å². The molecule has 5 nitrogen and oxygen atoms in total. The van der Waals surface area contributed by atoms with E-state index < -0.39 is 6.10 Å². The van der Waals surface area contributed by atoms with E-state index in [4.69, 9.17) is 9.15 Å². The fourth-order valence-electron chi connectivity index (χ4n) is 1.66. The molecule has 0 fully saturated rings. The zero-order valence-corrected chi connectivity index (χ0v) is 10.7. The van der Waals surface area contributed by atoms with Crippen molar-refractivity contribution in [2.45, 2.75) is 33.5 Å². The fourth-order valence-corrected chi connectivity index (χ4v) is 1.66. The molecule has 96 valence electrons. The van der Waals surface area contributed by atoms with Crippen LogP contribution in [0.25, 0.3) is 0 Å². The number of benzene rings is 1. The topological polar surface area (TPSA) is 68.4 Å². The molecule has 0 unspecified atom stereocenters. The first-order chi connectivity index (χ1) is 8.56. The summed E-state index contributed by atoms with van der Waals surface area (Å²) in [5, 5.41) is 17.3. The predicted octanol–water partition coefficient (Wildman–Crippen LogP) is 2.32. The molecule has 0 aliphatic carbocycles. The van der Waals surface area contributed by atoms with Gasteiger partial charge in [0.15, 0.2) is 6.61 Å². The maximum absolute atomic E-state index is 9.70. The summed E-state index contributed by atoms with van der Waals surface area (Å²) in [6.45, 7) is 5.60. The van der Waals surface area contributed by atoms with Gasteiger partial charge in [0.25, 0.3) is 5.89 Å². The maximum atomic E-state index is 9.70. The first kappa shape index (κ1) is 12.6. The van der Waals surface area contributed by atoms with E-state index in [-0.39, 0.29) is 6.61 Å². The number of rotatable bonds is 4. The van der Waals surface area contributed by atoms with E-state index in [9.17, 15) is 5.11 Å². The second-order valence-corrected chi connectivity index (χ2v) is 4.22. The third-order valence-corrected chi connectivity index (χ3v) is 2.53. The van der Waals surface area contributed by atoms with Crippen LogP contribution in [-0.4, -0.2) is 15.3 Å². The van der Waals surface area contributed by atoms with Crippen molar-refractivity contribution in [3.8, 4) is 5.75 Å². The lowest BCUT2D eigenvalue weighted by Crippen LogP contribution is -2.01. The van der Waals surface area contributed by atoms with Gasteiger partial charge in [-0.3, -0.25) is 0 Å². The van der Waals surface area contributed by atoms with E-state index in [2.05, 4.69) is 10.2 Å². The quantitative estimate of drug-likeness (QED) is 0.899. The Kier molecular flexibility index (Phi) is 3.62. The van der Waals surface area contributed by atoms with Crippen LogP contribution < -0.4 is 4.74 Å². The van der Waals surface area contributed by atoms with Crippen molar-refractivity contribution in [1.29, 1.82) is 0 Å². The number of hydrogen-bond acceptors (Lipinski definition) is 5. The number of aryl methyl sites for hydroxylation is 2. The molecule has 18 heavy (non-hydrogen) atoms. The van der Waals surface area contributed by atoms with Crippen LogP contribution in [0, 0.1) is 13.8 Å². The Morgan fingerprint density at radius 3 is 2.72 bits per heavy atom. The van der Waals surface area contributed by atoms with Crippen molar-refractivity contribution >= 4 is 0 Å². The summed E-state index contributed by atoms with van der Waals surface area (Å²) in [5.74, 6) is 1.56. The van der Waals surface area contributed by atoms with E-state index in [0.717, 1.165) is 11.1 Å². The maximum Gasteiger partial charge on any atom is 0.253 e. The average Bonchev–Trinajstić information content (AvgIpc) is 2.73. The molecule has 0 amide bonds. The highest BCUT2D eigenvalue weighted by molar-refractivity contribution is 5.38. The van der Waals surface area contributed by atoms with E-state index >= 15 is 0 Å². The van der Waals surface area contributed by atoms with Crippen LogP contribution in [0.15, 0.2) is 22.6 Å². The molecule has 5 heteroatoms. The zero-order chi connectivity index (χ0) is 13.1. The van der Waals surface area contributed by atoms with Crippen molar-refractivity contribution in [3.05, 3.63) is 41.1 Å². The number of ether oxygens (including phenoxy) is 1. The zero-order valence-electron chi connectivity index (χ0n) is 10.7. The number of hydrogen-bond donors (Lipinski definition) is 1. The molecule has 1 N–H and O–H groups in total. The Labute approximate surface area is 105 Å². The Hall–Kier alpha value is -1.88. The van der Waals surface area contributed by atoms with Crippen molar-refractivity contribution in [1.82, 2.24) is 10.2 Å². The second-order valence-electron chi connectivity index (χ2n) is 4.22. The highest BCUT2D eigenvalue weighted by Gasteiger charge is 2.11. The van der Waals surface area contributed by atoms with Gasteiger partial charge in [-0.2, -0.15) is 0 Å². The molecule has 1 heterocycles. The molecule has 0 aliphatic rings. The van der Waals surface area contributed by atoms with Crippen LogP contribution in [0.2, 0.25) is 0 Å². The molecule has 0 saturated carbocycles. The minimum absolute atomic E-state index is 0.198. The SMILES string of the molecule is Cc1ccc(OCc2nnc(C)o2)c([C@@H](C)O)c1. The molecule has 2 rings (SSSR count). The molecule has 1 atom stereocenters. The highest BCUT2D eigenvalue weighted by Crippen LogP contribution is 2.26. The Balaban J connectivity index is 2.13. The normalized spacial score (nSPS) is 12.4. The van der Waals surface area contributed by atoms with Crippen LogP contribution in [0.5, 0.6) is 5.75 Å². The van der Waals surface area contributed by atoms with Crippen LogP contribution in [0.3, 0.4) is 0 Å². The van der Waals surface area contributed by atoms with Gasteiger partial charge in [-0.15, -0.1) is 10.2 Å². The first-order valence-corrected chi connectivity index (χ1v) is 5.76. The van der Waals surface area contributed by atoms with E-state index in [1.165, 1.54) is 0 Å². The molecular formula is C13H16N2O3. The largest absolute Gasteiger partial charge is 0.483 e. The third-order valence-electron chi connectivity index (χ3n) is 2.53. The molecule has 0 saturated heterocycles. The lowest BCUT2D eigenvalue weighted by molar-refractivity contribution is 0.187. The summed E-state index contributed by atoms with van der Waals surface area (Å²) in [5.41, 5.74) is 1.83. The summed E-state index contributed by atoms with van der Waals surface area (Å²) >= 11 is 0. The molecule has 0 radical (unpaired) electrons. The average molecular weight is 248 g/mol. The second kappa shape index (κ2) is 5.18. The van der Waals surface area contributed by atoms with Gasteiger partial charge in [0.2, 0.25) is 5.89 Å². The van der Waals surface area contributed by atoms with Crippen LogP contribution in [0.4, 0.5) is 0 Å². The molecule has 0 bridgehead atoms. The Morgan fingerprint density at radius 1 is 1.33 bits per heavy atom. The molecular weight excluding hydrogens is 232 g/mol. The molecule has 1 aromatic carbocycles. The van der Waals surface area contributed by atoms with Crippen LogP contribution in [0.1, 0.15) is 35.9 Å². The molecule has 1 aromatic heterocycles. The molecule has 2 aromatic rings. The van der Waals surface area contributed by atoms with Gasteiger partial charge in [-0.1, -0.05) is 11.6 Å². The van der Waals surface area contributed by atoms with E-state index in [1.54, 1.807) is 13.8 Å². The van der Waals surface area contributed by atoms with Crippen molar-refractivity contribution in [3.63, 3.8) is 0 Å². The number of aromatic nitrogens is 2. The lowest BCUT2D eigenvalue weighted by Gasteiger charge is -2.13. The van der Waals surface area contributed by atoms with Crippen LogP contribution >= 0.6 is 0 Å². The predicted molar refractivity (Wildman–Crippen MR) is 65.2 cm³/mol. The third kappa shape index (κ3) is 2.87. The molecule has 0 spiro atoms. The van der Waals surface area contributed by atoms with Gasteiger partial charge >= 0.3 is 0 Å². The van der Waals surface area contributed by atoms with Gasteiger partial charge in [0.05, 0.1) is 6.10 Å². The summed E-state index contributed by atoms with van der Waals surface area (Å²) < 4.78 is 10.8. The standard InChI is InChI=1S/C13H16N2O3/c1-8-4-5-12(11(6-8)9(2)16)17-7-13-15-14-10(3)18-13/h4-6,9,16H,7H2,1-3H3/t9-/m1/s1. The Morgan fingerprint density at radius 2 is 2.11 bits per heavy atom. The lowest BCUT2D eigenvalue weighted by atomic mass is 10.1. The smallest absolute Gasteiger partial charge is 0.253 e. The summed E-state index contributed by atoms with van der Waals surface area (Å²) in [4.78, 5) is 0. The monoisotopic (exact) mass is 248 g/mol. The Bertz CT molecular complexity index is 535. The van der Waals surface area contributed by atoms with Crippen molar-refractivity contribution < 1.29 is 14.3 Å². The van der Waals surface area contributed by atoms with Gasteiger partial charge < -0.3 is 14.3 Å². The summed E-state index contributed by atoms with van der Waals surface area (Å²) in [6.07, 6.45) is -0.579. The minimum Gasteiger partial charge on any atom is -0.483 e.